The number of hydrogen-bond donors (Lipinski definition) is 1. The van der Waals surface area contributed by atoms with Crippen molar-refractivity contribution >= 4 is 35.0 Å². The number of nitrogens with zero attached hydrogens (tertiary/aromatic N) is 1. The van der Waals surface area contributed by atoms with Gasteiger partial charge >= 0.3 is 0 Å². The fourth-order valence-electron chi connectivity index (χ4n) is 2.94. The normalized spacial score (nSPS) is 13.7. The zero-order chi connectivity index (χ0) is 18.4. The van der Waals surface area contributed by atoms with Gasteiger partial charge in [0.05, 0.1) is 12.1 Å². The molecular weight excluding hydrogens is 344 g/mol. The molecule has 1 fully saturated rings. The Bertz CT molecular complexity index is 802. The van der Waals surface area contributed by atoms with Crippen LogP contribution in [-0.4, -0.2) is 24.1 Å². The van der Waals surface area contributed by atoms with Crippen molar-refractivity contribution in [2.75, 3.05) is 22.5 Å². The predicted octanol–water partition coefficient (Wildman–Crippen LogP) is 4.27. The van der Waals surface area contributed by atoms with E-state index in [0.717, 1.165) is 40.6 Å². The third kappa shape index (κ3) is 4.55. The molecule has 0 aromatic heterocycles. The average Bonchev–Trinajstić information content (AvgIpc) is 3.07. The van der Waals surface area contributed by atoms with Crippen LogP contribution in [0.5, 0.6) is 0 Å². The number of hydrogen-bond acceptors (Lipinski definition) is 3. The van der Waals surface area contributed by atoms with Crippen molar-refractivity contribution in [3.05, 3.63) is 66.7 Å². The molecular formula is C21H22N2O2S. The summed E-state index contributed by atoms with van der Waals surface area (Å²) in [6.45, 7) is 4.51. The molecule has 1 aliphatic heterocycles. The van der Waals surface area contributed by atoms with Crippen molar-refractivity contribution in [1.82, 2.24) is 0 Å². The summed E-state index contributed by atoms with van der Waals surface area (Å²) in [6.07, 6.45) is 3.67. The summed E-state index contributed by atoms with van der Waals surface area (Å²) in [7, 11) is 0. The maximum absolute atomic E-state index is 12.4. The lowest BCUT2D eigenvalue weighted by Gasteiger charge is -2.16. The Labute approximate surface area is 158 Å². The Balaban J connectivity index is 1.62. The lowest BCUT2D eigenvalue weighted by molar-refractivity contribution is -0.117. The molecule has 1 saturated heterocycles. The quantitative estimate of drug-likeness (QED) is 0.588. The molecule has 134 valence electrons. The largest absolute Gasteiger partial charge is 0.325 e. The first-order valence-corrected chi connectivity index (χ1v) is 9.68. The monoisotopic (exact) mass is 366 g/mol. The van der Waals surface area contributed by atoms with Gasteiger partial charge in [0.1, 0.15) is 0 Å². The molecule has 4 nitrogen and oxygen atoms in total. The smallest absolute Gasteiger partial charge is 0.228 e. The number of carbonyl (C=O) groups excluding carboxylic acids is 2. The molecule has 2 aromatic rings. The zero-order valence-corrected chi connectivity index (χ0v) is 15.4. The summed E-state index contributed by atoms with van der Waals surface area (Å²) >= 11 is 1.64. The number of amides is 2. The number of rotatable bonds is 7. The number of para-hydroxylation sites is 1. The SMILES string of the molecule is C=CCSc1ccccc1NC(=O)Cc1ccc(N2CCCC2=O)cc1. The summed E-state index contributed by atoms with van der Waals surface area (Å²) in [4.78, 5) is 27.0. The molecule has 0 radical (unpaired) electrons. The minimum atomic E-state index is -0.0540. The van der Waals surface area contributed by atoms with Crippen LogP contribution in [0.25, 0.3) is 0 Å². The summed E-state index contributed by atoms with van der Waals surface area (Å²) in [6, 6.07) is 15.4. The fraction of sp³-hybridized carbons (Fsp3) is 0.238. The second kappa shape index (κ2) is 8.72. The number of benzene rings is 2. The van der Waals surface area contributed by atoms with Gasteiger partial charge in [-0.05, 0) is 36.2 Å². The molecule has 0 unspecified atom stereocenters. The Morgan fingerprint density at radius 2 is 1.96 bits per heavy atom. The van der Waals surface area contributed by atoms with E-state index in [1.165, 1.54) is 0 Å². The molecule has 0 saturated carbocycles. The lowest BCUT2D eigenvalue weighted by atomic mass is 10.1. The highest BCUT2D eigenvalue weighted by Crippen LogP contribution is 2.27. The number of carbonyl (C=O) groups is 2. The van der Waals surface area contributed by atoms with Crippen LogP contribution in [0.3, 0.4) is 0 Å². The molecule has 26 heavy (non-hydrogen) atoms. The van der Waals surface area contributed by atoms with Gasteiger partial charge in [-0.3, -0.25) is 9.59 Å². The van der Waals surface area contributed by atoms with Gasteiger partial charge in [-0.2, -0.15) is 0 Å². The van der Waals surface area contributed by atoms with Gasteiger partial charge in [0, 0.05) is 29.3 Å². The van der Waals surface area contributed by atoms with Crippen molar-refractivity contribution in [3.63, 3.8) is 0 Å². The van der Waals surface area contributed by atoms with Crippen LogP contribution in [0.4, 0.5) is 11.4 Å². The van der Waals surface area contributed by atoms with Crippen LogP contribution in [0.2, 0.25) is 0 Å². The molecule has 0 atom stereocenters. The van der Waals surface area contributed by atoms with E-state index >= 15 is 0 Å². The van der Waals surface area contributed by atoms with E-state index in [4.69, 9.17) is 0 Å². The molecule has 2 aromatic carbocycles. The van der Waals surface area contributed by atoms with Crippen LogP contribution in [0, 0.1) is 0 Å². The first-order chi connectivity index (χ1) is 12.7. The molecule has 1 heterocycles. The molecule has 0 bridgehead atoms. The Kier molecular flexibility index (Phi) is 6.12. The number of nitrogens with one attached hydrogen (secondary N) is 1. The second-order valence-electron chi connectivity index (χ2n) is 6.14. The van der Waals surface area contributed by atoms with Crippen molar-refractivity contribution in [2.24, 2.45) is 0 Å². The predicted molar refractivity (Wildman–Crippen MR) is 108 cm³/mol. The van der Waals surface area contributed by atoms with Crippen LogP contribution in [0.1, 0.15) is 18.4 Å². The highest BCUT2D eigenvalue weighted by molar-refractivity contribution is 7.99. The maximum atomic E-state index is 12.4. The minimum absolute atomic E-state index is 0.0540. The maximum Gasteiger partial charge on any atom is 0.228 e. The van der Waals surface area contributed by atoms with Crippen molar-refractivity contribution in [3.8, 4) is 0 Å². The third-order valence-electron chi connectivity index (χ3n) is 4.20. The average molecular weight is 366 g/mol. The van der Waals surface area contributed by atoms with Crippen LogP contribution < -0.4 is 10.2 Å². The summed E-state index contributed by atoms with van der Waals surface area (Å²) in [5.74, 6) is 0.912. The lowest BCUT2D eigenvalue weighted by Crippen LogP contribution is -2.23. The Hall–Kier alpha value is -2.53. The first kappa shape index (κ1) is 18.3. The topological polar surface area (TPSA) is 49.4 Å². The molecule has 0 spiro atoms. The van der Waals surface area contributed by atoms with Gasteiger partial charge < -0.3 is 10.2 Å². The van der Waals surface area contributed by atoms with E-state index in [-0.39, 0.29) is 11.8 Å². The first-order valence-electron chi connectivity index (χ1n) is 8.69. The molecule has 5 heteroatoms. The number of anilines is 2. The van der Waals surface area contributed by atoms with Crippen LogP contribution >= 0.6 is 11.8 Å². The molecule has 2 amide bonds. The van der Waals surface area contributed by atoms with Crippen molar-refractivity contribution in [2.45, 2.75) is 24.2 Å². The number of thioether (sulfide) groups is 1. The van der Waals surface area contributed by atoms with Gasteiger partial charge in [0.25, 0.3) is 0 Å². The Morgan fingerprint density at radius 3 is 2.65 bits per heavy atom. The van der Waals surface area contributed by atoms with Gasteiger partial charge in [0.15, 0.2) is 0 Å². The standard InChI is InChI=1S/C21H22N2O2S/c1-2-14-26-19-7-4-3-6-18(19)22-20(24)15-16-9-11-17(12-10-16)23-13-5-8-21(23)25/h2-4,6-7,9-12H,1,5,8,13-15H2,(H,22,24). The van der Waals surface area contributed by atoms with Gasteiger partial charge in [-0.1, -0.05) is 30.3 Å². The van der Waals surface area contributed by atoms with Gasteiger partial charge in [-0.25, -0.2) is 0 Å². The fourth-order valence-corrected chi connectivity index (χ4v) is 3.69. The third-order valence-corrected chi connectivity index (χ3v) is 5.27. The van der Waals surface area contributed by atoms with Gasteiger partial charge in [-0.15, -0.1) is 18.3 Å². The van der Waals surface area contributed by atoms with E-state index in [0.29, 0.717) is 12.8 Å². The molecule has 3 rings (SSSR count). The van der Waals surface area contributed by atoms with Gasteiger partial charge in [0.2, 0.25) is 11.8 Å². The minimum Gasteiger partial charge on any atom is -0.325 e. The highest BCUT2D eigenvalue weighted by atomic mass is 32.2. The molecule has 1 aliphatic rings. The van der Waals surface area contributed by atoms with E-state index < -0.39 is 0 Å². The zero-order valence-electron chi connectivity index (χ0n) is 14.6. The van der Waals surface area contributed by atoms with E-state index in [9.17, 15) is 9.59 Å². The van der Waals surface area contributed by atoms with Crippen molar-refractivity contribution in [1.29, 1.82) is 0 Å². The summed E-state index contributed by atoms with van der Waals surface area (Å²) < 4.78 is 0. The summed E-state index contributed by atoms with van der Waals surface area (Å²) in [5.41, 5.74) is 2.65. The van der Waals surface area contributed by atoms with Crippen LogP contribution in [0.15, 0.2) is 66.1 Å². The molecule has 0 aliphatic carbocycles. The van der Waals surface area contributed by atoms with Crippen LogP contribution in [-0.2, 0) is 16.0 Å². The Morgan fingerprint density at radius 1 is 1.19 bits per heavy atom. The molecule has 1 N–H and O–H groups in total. The van der Waals surface area contributed by atoms with Crippen molar-refractivity contribution < 1.29 is 9.59 Å². The van der Waals surface area contributed by atoms with E-state index in [2.05, 4.69) is 11.9 Å². The summed E-state index contributed by atoms with van der Waals surface area (Å²) in [5, 5.41) is 2.99. The second-order valence-corrected chi connectivity index (χ2v) is 7.20. The van der Waals surface area contributed by atoms with E-state index in [1.807, 2.05) is 54.6 Å². The van der Waals surface area contributed by atoms with E-state index in [1.54, 1.807) is 16.7 Å². The highest BCUT2D eigenvalue weighted by Gasteiger charge is 2.21.